The van der Waals surface area contributed by atoms with Gasteiger partial charge in [-0.25, -0.2) is 9.59 Å². The van der Waals surface area contributed by atoms with E-state index in [1.807, 2.05) is 13.8 Å². The molecule has 1 rings (SSSR count). The van der Waals surface area contributed by atoms with Crippen molar-refractivity contribution in [2.75, 3.05) is 13.7 Å². The Bertz CT molecular complexity index is 300. The number of carboxylic acid groups (broad SMARTS) is 1. The average Bonchev–Trinajstić information content (AvgIpc) is 3.00. The molecule has 0 aromatic carbocycles. The minimum Gasteiger partial charge on any atom is -0.479 e. The summed E-state index contributed by atoms with van der Waals surface area (Å²) >= 11 is 0. The third-order valence-electron chi connectivity index (χ3n) is 3.04. The van der Waals surface area contributed by atoms with Crippen LogP contribution in [0.4, 0.5) is 4.79 Å². The minimum absolute atomic E-state index is 0.0432. The van der Waals surface area contributed by atoms with E-state index in [1.54, 1.807) is 0 Å². The molecular weight excluding hydrogens is 224 g/mol. The fourth-order valence-electron chi connectivity index (χ4n) is 1.70. The fourth-order valence-corrected chi connectivity index (χ4v) is 1.70. The molecule has 0 saturated heterocycles. The van der Waals surface area contributed by atoms with Crippen molar-refractivity contribution in [3.05, 3.63) is 0 Å². The van der Waals surface area contributed by atoms with E-state index >= 15 is 0 Å². The molecule has 0 spiro atoms. The summed E-state index contributed by atoms with van der Waals surface area (Å²) in [6.45, 7) is 3.89. The number of urea groups is 1. The van der Waals surface area contributed by atoms with Crippen molar-refractivity contribution in [1.82, 2.24) is 10.6 Å². The number of methoxy groups -OCH3 is 1. The van der Waals surface area contributed by atoms with Crippen LogP contribution in [0.1, 0.15) is 26.7 Å². The highest BCUT2D eigenvalue weighted by Crippen LogP contribution is 2.38. The van der Waals surface area contributed by atoms with Crippen LogP contribution in [0, 0.1) is 5.92 Å². The summed E-state index contributed by atoms with van der Waals surface area (Å²) in [5.41, 5.74) is -0.240. The summed E-state index contributed by atoms with van der Waals surface area (Å²) in [5, 5.41) is 14.1. The average molecular weight is 244 g/mol. The zero-order valence-electron chi connectivity index (χ0n) is 10.4. The first kappa shape index (κ1) is 13.8. The van der Waals surface area contributed by atoms with Crippen molar-refractivity contribution in [1.29, 1.82) is 0 Å². The van der Waals surface area contributed by atoms with Crippen LogP contribution in [-0.4, -0.2) is 42.4 Å². The number of rotatable bonds is 6. The lowest BCUT2D eigenvalue weighted by Gasteiger charge is -2.26. The molecule has 1 saturated carbocycles. The van der Waals surface area contributed by atoms with Gasteiger partial charge in [0.2, 0.25) is 0 Å². The summed E-state index contributed by atoms with van der Waals surface area (Å²) < 4.78 is 4.71. The molecule has 2 amide bonds. The van der Waals surface area contributed by atoms with Gasteiger partial charge < -0.3 is 20.5 Å². The Labute approximate surface area is 101 Å². The van der Waals surface area contributed by atoms with Gasteiger partial charge in [0.15, 0.2) is 6.10 Å². The summed E-state index contributed by atoms with van der Waals surface area (Å²) in [4.78, 5) is 22.2. The molecule has 0 heterocycles. The number of carboxylic acids is 1. The van der Waals surface area contributed by atoms with Gasteiger partial charge in [-0.15, -0.1) is 0 Å². The molecule has 1 aliphatic carbocycles. The second kappa shape index (κ2) is 5.35. The topological polar surface area (TPSA) is 87.7 Å². The molecular formula is C11H20N2O4. The number of carbonyl (C=O) groups is 2. The van der Waals surface area contributed by atoms with Gasteiger partial charge in [0, 0.05) is 12.6 Å². The predicted molar refractivity (Wildman–Crippen MR) is 61.8 cm³/mol. The Hall–Kier alpha value is -1.30. The maximum atomic E-state index is 11.6. The van der Waals surface area contributed by atoms with Crippen LogP contribution >= 0.6 is 0 Å². The first-order valence-corrected chi connectivity index (χ1v) is 5.68. The number of ether oxygens (including phenoxy) is 1. The summed E-state index contributed by atoms with van der Waals surface area (Å²) in [7, 11) is 1.30. The molecule has 0 bridgehead atoms. The minimum atomic E-state index is -1.09. The summed E-state index contributed by atoms with van der Waals surface area (Å²) in [6, 6.07) is -0.356. The number of nitrogens with one attached hydrogen (secondary N) is 2. The van der Waals surface area contributed by atoms with E-state index < -0.39 is 12.1 Å². The SMILES string of the molecule is COC(CNC(=O)NC(C)(C)C1CC1)C(=O)O. The van der Waals surface area contributed by atoms with Crippen LogP contribution in [-0.2, 0) is 9.53 Å². The number of amides is 2. The zero-order chi connectivity index (χ0) is 13.1. The molecule has 98 valence electrons. The maximum Gasteiger partial charge on any atom is 0.334 e. The van der Waals surface area contributed by atoms with Crippen LogP contribution in [0.5, 0.6) is 0 Å². The smallest absolute Gasteiger partial charge is 0.334 e. The van der Waals surface area contributed by atoms with Crippen molar-refractivity contribution >= 4 is 12.0 Å². The Morgan fingerprint density at radius 3 is 2.47 bits per heavy atom. The lowest BCUT2D eigenvalue weighted by atomic mass is 9.99. The number of hydrogen-bond donors (Lipinski definition) is 3. The zero-order valence-corrected chi connectivity index (χ0v) is 10.4. The largest absolute Gasteiger partial charge is 0.479 e. The number of carbonyl (C=O) groups excluding carboxylic acids is 1. The Balaban J connectivity index is 2.31. The van der Waals surface area contributed by atoms with Gasteiger partial charge in [-0.1, -0.05) is 0 Å². The summed E-state index contributed by atoms with van der Waals surface area (Å²) in [5.74, 6) is -0.569. The van der Waals surface area contributed by atoms with E-state index in [-0.39, 0.29) is 18.1 Å². The van der Waals surface area contributed by atoms with Crippen LogP contribution in [0.2, 0.25) is 0 Å². The second-order valence-corrected chi connectivity index (χ2v) is 4.89. The van der Waals surface area contributed by atoms with Gasteiger partial charge in [-0.2, -0.15) is 0 Å². The molecule has 1 aliphatic rings. The van der Waals surface area contributed by atoms with Crippen molar-refractivity contribution in [3.63, 3.8) is 0 Å². The van der Waals surface area contributed by atoms with Crippen molar-refractivity contribution in [2.45, 2.75) is 38.3 Å². The van der Waals surface area contributed by atoms with Crippen LogP contribution in [0.25, 0.3) is 0 Å². The Kier molecular flexibility index (Phi) is 4.34. The first-order valence-electron chi connectivity index (χ1n) is 5.68. The van der Waals surface area contributed by atoms with Gasteiger partial charge in [0.05, 0.1) is 6.54 Å². The normalized spacial score (nSPS) is 17.4. The third kappa shape index (κ3) is 4.22. The molecule has 6 nitrogen and oxygen atoms in total. The van der Waals surface area contributed by atoms with Gasteiger partial charge in [-0.05, 0) is 32.6 Å². The molecule has 3 N–H and O–H groups in total. The van der Waals surface area contributed by atoms with Gasteiger partial charge in [0.1, 0.15) is 0 Å². The molecule has 0 aromatic heterocycles. The van der Waals surface area contributed by atoms with Crippen molar-refractivity contribution < 1.29 is 19.4 Å². The van der Waals surface area contributed by atoms with Gasteiger partial charge in [-0.3, -0.25) is 0 Å². The summed E-state index contributed by atoms with van der Waals surface area (Å²) in [6.07, 6.45) is 1.25. The Morgan fingerprint density at radius 2 is 2.06 bits per heavy atom. The lowest BCUT2D eigenvalue weighted by molar-refractivity contribution is -0.147. The molecule has 0 aliphatic heterocycles. The van der Waals surface area contributed by atoms with Gasteiger partial charge >= 0.3 is 12.0 Å². The number of hydrogen-bond acceptors (Lipinski definition) is 3. The molecule has 1 fully saturated rings. The van der Waals surface area contributed by atoms with Crippen molar-refractivity contribution in [3.8, 4) is 0 Å². The van der Waals surface area contributed by atoms with Crippen LogP contribution in [0.15, 0.2) is 0 Å². The molecule has 1 atom stereocenters. The standard InChI is InChI=1S/C11H20N2O4/c1-11(2,7-4-5-7)13-10(16)12-6-8(17-3)9(14)15/h7-8H,4-6H2,1-3H3,(H,14,15)(H2,12,13,16). The predicted octanol–water partition coefficient (Wildman–Crippen LogP) is 0.574. The van der Waals surface area contributed by atoms with Crippen LogP contribution < -0.4 is 10.6 Å². The highest BCUT2D eigenvalue weighted by Gasteiger charge is 2.38. The monoisotopic (exact) mass is 244 g/mol. The van der Waals surface area contributed by atoms with Crippen LogP contribution in [0.3, 0.4) is 0 Å². The molecule has 0 aromatic rings. The van der Waals surface area contributed by atoms with E-state index in [4.69, 9.17) is 9.84 Å². The number of aliphatic carboxylic acids is 1. The lowest BCUT2D eigenvalue weighted by Crippen LogP contribution is -2.51. The van der Waals surface area contributed by atoms with Crippen molar-refractivity contribution in [2.24, 2.45) is 5.92 Å². The highest BCUT2D eigenvalue weighted by molar-refractivity contribution is 5.77. The quantitative estimate of drug-likeness (QED) is 0.637. The Morgan fingerprint density at radius 1 is 1.47 bits per heavy atom. The molecule has 1 unspecified atom stereocenters. The van der Waals surface area contributed by atoms with E-state index in [2.05, 4.69) is 10.6 Å². The third-order valence-corrected chi connectivity index (χ3v) is 3.04. The second-order valence-electron chi connectivity index (χ2n) is 4.89. The van der Waals surface area contributed by atoms with E-state index in [0.29, 0.717) is 5.92 Å². The van der Waals surface area contributed by atoms with E-state index in [0.717, 1.165) is 12.8 Å². The molecule has 0 radical (unpaired) electrons. The first-order chi connectivity index (χ1) is 7.86. The van der Waals surface area contributed by atoms with Gasteiger partial charge in [0.25, 0.3) is 0 Å². The fraction of sp³-hybridized carbons (Fsp3) is 0.818. The molecule has 17 heavy (non-hydrogen) atoms. The van der Waals surface area contributed by atoms with E-state index in [1.165, 1.54) is 7.11 Å². The highest BCUT2D eigenvalue weighted by atomic mass is 16.5. The van der Waals surface area contributed by atoms with E-state index in [9.17, 15) is 9.59 Å². The maximum absolute atomic E-state index is 11.6. The molecule has 6 heteroatoms.